The average molecular weight is 371 g/mol. The van der Waals surface area contributed by atoms with Gasteiger partial charge in [0.05, 0.1) is 16.6 Å². The van der Waals surface area contributed by atoms with Gasteiger partial charge < -0.3 is 11.1 Å². The summed E-state index contributed by atoms with van der Waals surface area (Å²) in [5, 5.41) is 15.2. The monoisotopic (exact) mass is 370 g/mol. The minimum absolute atomic E-state index is 0. The number of nitrogens with one attached hydrogen (secondary N) is 1. The largest absolute Gasteiger partial charge is 0.327 e. The molecular formula is C15H20Cl2N6O. The molecule has 1 aliphatic carbocycles. The summed E-state index contributed by atoms with van der Waals surface area (Å²) in [7, 11) is 0. The summed E-state index contributed by atoms with van der Waals surface area (Å²) in [5.74, 6) is 0.772. The number of tetrazole rings is 1. The Balaban J connectivity index is 0.00000208. The van der Waals surface area contributed by atoms with Gasteiger partial charge >= 0.3 is 0 Å². The first-order valence-electron chi connectivity index (χ1n) is 7.62. The number of aromatic nitrogens is 4. The molecule has 0 radical (unpaired) electrons. The van der Waals surface area contributed by atoms with Crippen LogP contribution in [0.4, 0.5) is 5.69 Å². The third-order valence-electron chi connectivity index (χ3n) is 4.08. The highest BCUT2D eigenvalue weighted by atomic mass is 35.5. The molecule has 1 aromatic heterocycles. The molecular weight excluding hydrogens is 351 g/mol. The number of hydrogen-bond acceptors (Lipinski definition) is 5. The van der Waals surface area contributed by atoms with E-state index in [1.165, 1.54) is 0 Å². The Morgan fingerprint density at radius 1 is 1.42 bits per heavy atom. The van der Waals surface area contributed by atoms with Crippen molar-refractivity contribution in [2.75, 3.05) is 5.32 Å². The highest BCUT2D eigenvalue weighted by molar-refractivity contribution is 6.32. The van der Waals surface area contributed by atoms with Crippen LogP contribution in [0, 0.1) is 5.92 Å². The van der Waals surface area contributed by atoms with E-state index in [4.69, 9.17) is 17.3 Å². The van der Waals surface area contributed by atoms with Crippen LogP contribution in [0.5, 0.6) is 0 Å². The molecule has 7 nitrogen and oxygen atoms in total. The Morgan fingerprint density at radius 2 is 2.12 bits per heavy atom. The Morgan fingerprint density at radius 3 is 2.75 bits per heavy atom. The van der Waals surface area contributed by atoms with Crippen molar-refractivity contribution in [2.45, 2.75) is 38.6 Å². The lowest BCUT2D eigenvalue weighted by molar-refractivity contribution is -0.119. The van der Waals surface area contributed by atoms with Gasteiger partial charge in [0.15, 0.2) is 5.82 Å². The van der Waals surface area contributed by atoms with Crippen LogP contribution in [0.2, 0.25) is 5.02 Å². The van der Waals surface area contributed by atoms with Gasteiger partial charge in [-0.05, 0) is 48.4 Å². The number of amides is 1. The molecule has 0 bridgehead atoms. The molecule has 1 heterocycles. The normalized spacial score (nSPS) is 16.2. The Kier molecular flexibility index (Phi) is 5.79. The second-order valence-electron chi connectivity index (χ2n) is 6.03. The Hall–Kier alpha value is -1.70. The number of benzene rings is 1. The van der Waals surface area contributed by atoms with Crippen LogP contribution in [-0.4, -0.2) is 32.2 Å². The van der Waals surface area contributed by atoms with Gasteiger partial charge in [-0.2, -0.15) is 4.68 Å². The maximum atomic E-state index is 12.2. The fourth-order valence-electron chi connectivity index (χ4n) is 2.21. The van der Waals surface area contributed by atoms with Gasteiger partial charge in [0, 0.05) is 17.6 Å². The minimum Gasteiger partial charge on any atom is -0.327 e. The van der Waals surface area contributed by atoms with Crippen LogP contribution in [-0.2, 0) is 4.79 Å². The quantitative estimate of drug-likeness (QED) is 0.842. The van der Waals surface area contributed by atoms with Crippen LogP contribution < -0.4 is 11.1 Å². The molecule has 130 valence electrons. The molecule has 1 aliphatic rings. The number of carbonyl (C=O) groups is 1. The fraction of sp³-hybridized carbons (Fsp3) is 0.467. The third-order valence-corrected chi connectivity index (χ3v) is 4.40. The van der Waals surface area contributed by atoms with E-state index < -0.39 is 0 Å². The number of carbonyl (C=O) groups excluding carboxylic acids is 1. The molecule has 2 unspecified atom stereocenters. The van der Waals surface area contributed by atoms with Gasteiger partial charge in [0.25, 0.3) is 0 Å². The summed E-state index contributed by atoms with van der Waals surface area (Å²) in [6.45, 7) is 3.60. The van der Waals surface area contributed by atoms with E-state index in [-0.39, 0.29) is 30.3 Å². The lowest BCUT2D eigenvalue weighted by atomic mass is 10.0. The van der Waals surface area contributed by atoms with Crippen molar-refractivity contribution in [1.29, 1.82) is 0 Å². The molecule has 0 spiro atoms. The van der Waals surface area contributed by atoms with E-state index in [0.717, 1.165) is 18.7 Å². The lowest BCUT2D eigenvalue weighted by Gasteiger charge is -2.16. The molecule has 24 heavy (non-hydrogen) atoms. The number of nitrogens with two attached hydrogens (primary N) is 1. The van der Waals surface area contributed by atoms with Gasteiger partial charge in [0.1, 0.15) is 0 Å². The number of rotatable bonds is 5. The van der Waals surface area contributed by atoms with Gasteiger partial charge in [-0.15, -0.1) is 17.5 Å². The first kappa shape index (κ1) is 18.6. The Bertz CT molecular complexity index is 729. The number of halogens is 2. The fourth-order valence-corrected chi connectivity index (χ4v) is 2.41. The van der Waals surface area contributed by atoms with Gasteiger partial charge in [-0.25, -0.2) is 0 Å². The highest BCUT2D eigenvalue weighted by Crippen LogP contribution is 2.40. The topological polar surface area (TPSA) is 98.7 Å². The lowest BCUT2D eigenvalue weighted by Crippen LogP contribution is -2.34. The molecule has 0 aliphatic heterocycles. The smallest absolute Gasteiger partial charge is 0.228 e. The first-order valence-corrected chi connectivity index (χ1v) is 8.00. The van der Waals surface area contributed by atoms with Crippen LogP contribution in [0.1, 0.15) is 38.4 Å². The Labute approximate surface area is 151 Å². The maximum Gasteiger partial charge on any atom is 0.228 e. The molecule has 1 aromatic carbocycles. The predicted molar refractivity (Wildman–Crippen MR) is 94.8 cm³/mol. The van der Waals surface area contributed by atoms with Crippen LogP contribution in [0.15, 0.2) is 18.2 Å². The zero-order valence-corrected chi connectivity index (χ0v) is 15.0. The summed E-state index contributed by atoms with van der Waals surface area (Å²) in [6.07, 6.45) is 2.17. The molecule has 2 aromatic rings. The van der Waals surface area contributed by atoms with Crippen molar-refractivity contribution in [3.05, 3.63) is 29.0 Å². The van der Waals surface area contributed by atoms with Crippen molar-refractivity contribution in [3.63, 3.8) is 0 Å². The van der Waals surface area contributed by atoms with Crippen LogP contribution in [0.25, 0.3) is 5.69 Å². The summed E-state index contributed by atoms with van der Waals surface area (Å²) in [4.78, 5) is 12.2. The maximum absolute atomic E-state index is 12.2. The van der Waals surface area contributed by atoms with Crippen LogP contribution in [0.3, 0.4) is 0 Å². The van der Waals surface area contributed by atoms with E-state index in [1.54, 1.807) is 36.7 Å². The van der Waals surface area contributed by atoms with Gasteiger partial charge in [0.2, 0.25) is 5.91 Å². The molecule has 9 heteroatoms. The molecule has 1 fully saturated rings. The molecule has 1 saturated carbocycles. The zero-order valence-electron chi connectivity index (χ0n) is 13.4. The van der Waals surface area contributed by atoms with Crippen LogP contribution >= 0.6 is 24.0 Å². The van der Waals surface area contributed by atoms with Crippen molar-refractivity contribution in [3.8, 4) is 5.69 Å². The van der Waals surface area contributed by atoms with Crippen molar-refractivity contribution in [1.82, 2.24) is 20.2 Å². The molecule has 0 saturated heterocycles. The molecule has 3 N–H and O–H groups in total. The highest BCUT2D eigenvalue weighted by Gasteiger charge is 2.30. The number of anilines is 1. The number of hydrogen-bond donors (Lipinski definition) is 2. The second-order valence-corrected chi connectivity index (χ2v) is 6.43. The molecule has 1 amide bonds. The third kappa shape index (κ3) is 3.85. The average Bonchev–Trinajstić information content (AvgIpc) is 3.25. The van der Waals surface area contributed by atoms with Crippen molar-refractivity contribution >= 4 is 35.6 Å². The van der Waals surface area contributed by atoms with E-state index in [1.807, 2.05) is 0 Å². The van der Waals surface area contributed by atoms with E-state index >= 15 is 0 Å². The zero-order chi connectivity index (χ0) is 16.6. The van der Waals surface area contributed by atoms with E-state index in [0.29, 0.717) is 22.3 Å². The summed E-state index contributed by atoms with van der Waals surface area (Å²) < 4.78 is 1.64. The molecule has 3 rings (SSSR count). The summed E-state index contributed by atoms with van der Waals surface area (Å²) in [6, 6.07) is 5.03. The first-order chi connectivity index (χ1) is 11.0. The summed E-state index contributed by atoms with van der Waals surface area (Å²) >= 11 is 6.29. The van der Waals surface area contributed by atoms with Gasteiger partial charge in [-0.3, -0.25) is 4.79 Å². The molecule has 2 atom stereocenters. The van der Waals surface area contributed by atoms with E-state index in [2.05, 4.69) is 20.8 Å². The van der Waals surface area contributed by atoms with Crippen molar-refractivity contribution < 1.29 is 4.79 Å². The summed E-state index contributed by atoms with van der Waals surface area (Å²) in [5.41, 5.74) is 7.06. The number of nitrogens with zero attached hydrogens (tertiary/aromatic N) is 4. The standard InChI is InChI=1S/C15H19ClN6O.ClH/c1-8(9(2)17)15(23)18-11-5-6-12(16)13(7-11)22-14(10-3-4-10)19-20-21-22;/h5-10H,3-4,17H2,1-2H3,(H,18,23);1H. The van der Waals surface area contributed by atoms with Crippen molar-refractivity contribution in [2.24, 2.45) is 11.7 Å². The van der Waals surface area contributed by atoms with E-state index in [9.17, 15) is 4.79 Å². The second kappa shape index (κ2) is 7.46. The minimum atomic E-state index is -0.288. The van der Waals surface area contributed by atoms with Gasteiger partial charge in [-0.1, -0.05) is 18.5 Å². The predicted octanol–water partition coefficient (Wildman–Crippen LogP) is 2.54. The SMILES string of the molecule is CC(N)C(C)C(=O)Nc1ccc(Cl)c(-n2nnnc2C2CC2)c1.Cl.